The standard InChI is InChI=1S/C17H14Cl2N2OS/c18-12-3-1-11(2-4-12)16-20-10-23-9-15(20)17(22)21(16)14-7-5-13(19)6-8-14/h1-8,15-16H,9-10H2/t15-,16-/m1/s1. The number of anilines is 1. The van der Waals surface area contributed by atoms with E-state index >= 15 is 0 Å². The Morgan fingerprint density at radius 2 is 1.57 bits per heavy atom. The molecule has 2 heterocycles. The van der Waals surface area contributed by atoms with Crippen LogP contribution in [0.25, 0.3) is 0 Å². The highest BCUT2D eigenvalue weighted by molar-refractivity contribution is 7.99. The van der Waals surface area contributed by atoms with Crippen molar-refractivity contribution in [2.45, 2.75) is 12.2 Å². The van der Waals surface area contributed by atoms with Crippen molar-refractivity contribution >= 4 is 46.6 Å². The minimum atomic E-state index is -0.0963. The fraction of sp³-hybridized carbons (Fsp3) is 0.235. The summed E-state index contributed by atoms with van der Waals surface area (Å²) in [4.78, 5) is 17.1. The van der Waals surface area contributed by atoms with Gasteiger partial charge in [0.1, 0.15) is 12.2 Å². The quantitative estimate of drug-likeness (QED) is 0.788. The van der Waals surface area contributed by atoms with Gasteiger partial charge in [0.15, 0.2) is 0 Å². The molecule has 118 valence electrons. The maximum absolute atomic E-state index is 12.9. The molecule has 3 nitrogen and oxygen atoms in total. The lowest BCUT2D eigenvalue weighted by Crippen LogP contribution is -2.32. The highest BCUT2D eigenvalue weighted by atomic mass is 35.5. The Morgan fingerprint density at radius 3 is 2.22 bits per heavy atom. The van der Waals surface area contributed by atoms with E-state index < -0.39 is 0 Å². The Bertz CT molecular complexity index is 735. The van der Waals surface area contributed by atoms with Crippen LogP contribution in [0.5, 0.6) is 0 Å². The fourth-order valence-corrected chi connectivity index (χ4v) is 4.63. The number of halogens is 2. The van der Waals surface area contributed by atoms with E-state index in [4.69, 9.17) is 23.2 Å². The number of carbonyl (C=O) groups excluding carboxylic acids is 1. The summed E-state index contributed by atoms with van der Waals surface area (Å²) in [5.41, 5.74) is 1.95. The molecule has 2 aromatic rings. The van der Waals surface area contributed by atoms with Gasteiger partial charge in [-0.3, -0.25) is 14.6 Å². The Balaban J connectivity index is 1.79. The number of amides is 1. The molecule has 6 heteroatoms. The van der Waals surface area contributed by atoms with Crippen molar-refractivity contribution in [2.75, 3.05) is 16.5 Å². The van der Waals surface area contributed by atoms with Crippen molar-refractivity contribution < 1.29 is 4.79 Å². The minimum Gasteiger partial charge on any atom is -0.290 e. The molecule has 0 saturated carbocycles. The first-order chi connectivity index (χ1) is 11.1. The van der Waals surface area contributed by atoms with Gasteiger partial charge >= 0.3 is 0 Å². The van der Waals surface area contributed by atoms with Gasteiger partial charge < -0.3 is 0 Å². The van der Waals surface area contributed by atoms with Gasteiger partial charge in [-0.1, -0.05) is 35.3 Å². The lowest BCUT2D eigenvalue weighted by molar-refractivity contribution is -0.118. The monoisotopic (exact) mass is 364 g/mol. The first-order valence-corrected chi connectivity index (χ1v) is 9.24. The molecule has 2 saturated heterocycles. The lowest BCUT2D eigenvalue weighted by atomic mass is 10.1. The molecule has 2 atom stereocenters. The zero-order chi connectivity index (χ0) is 16.0. The van der Waals surface area contributed by atoms with Crippen LogP contribution in [0.2, 0.25) is 10.0 Å². The van der Waals surface area contributed by atoms with Gasteiger partial charge in [0.2, 0.25) is 5.91 Å². The van der Waals surface area contributed by atoms with Crippen LogP contribution in [-0.4, -0.2) is 28.5 Å². The van der Waals surface area contributed by atoms with Gasteiger partial charge in [-0.05, 0) is 42.0 Å². The smallest absolute Gasteiger partial charge is 0.246 e. The summed E-state index contributed by atoms with van der Waals surface area (Å²) < 4.78 is 0. The summed E-state index contributed by atoms with van der Waals surface area (Å²) in [6.07, 6.45) is -0.0963. The topological polar surface area (TPSA) is 23.6 Å². The molecule has 0 N–H and O–H groups in total. The van der Waals surface area contributed by atoms with Crippen LogP contribution < -0.4 is 4.90 Å². The van der Waals surface area contributed by atoms with Crippen LogP contribution in [0.1, 0.15) is 11.7 Å². The van der Waals surface area contributed by atoms with E-state index in [0.717, 1.165) is 22.9 Å². The number of fused-ring (bicyclic) bond motifs is 1. The van der Waals surface area contributed by atoms with Crippen LogP contribution in [0.3, 0.4) is 0 Å². The summed E-state index contributed by atoms with van der Waals surface area (Å²) in [7, 11) is 0. The van der Waals surface area contributed by atoms with E-state index in [0.29, 0.717) is 10.0 Å². The molecule has 4 rings (SSSR count). The Labute approximate surface area is 149 Å². The molecule has 1 amide bonds. The van der Waals surface area contributed by atoms with Crippen LogP contribution >= 0.6 is 35.0 Å². The average Bonchev–Trinajstić information content (AvgIpc) is 3.12. The second-order valence-corrected chi connectivity index (χ2v) is 7.51. The second kappa shape index (κ2) is 6.02. The van der Waals surface area contributed by atoms with Gasteiger partial charge in [0.25, 0.3) is 0 Å². The van der Waals surface area contributed by atoms with Gasteiger partial charge in [-0.15, -0.1) is 11.8 Å². The molecule has 0 bridgehead atoms. The van der Waals surface area contributed by atoms with E-state index in [-0.39, 0.29) is 18.1 Å². The summed E-state index contributed by atoms with van der Waals surface area (Å²) >= 11 is 13.8. The maximum Gasteiger partial charge on any atom is 0.246 e. The van der Waals surface area contributed by atoms with Gasteiger partial charge in [-0.25, -0.2) is 0 Å². The molecule has 0 spiro atoms. The van der Waals surface area contributed by atoms with E-state index in [9.17, 15) is 4.79 Å². The largest absolute Gasteiger partial charge is 0.290 e. The Hall–Kier alpha value is -1.20. The summed E-state index contributed by atoms with van der Waals surface area (Å²) in [6.45, 7) is 0. The van der Waals surface area contributed by atoms with E-state index in [1.807, 2.05) is 53.4 Å². The van der Waals surface area contributed by atoms with E-state index in [1.165, 1.54) is 0 Å². The predicted octanol–water partition coefficient (Wildman–Crippen LogP) is 4.41. The third-order valence-electron chi connectivity index (χ3n) is 4.27. The van der Waals surface area contributed by atoms with Gasteiger partial charge in [0.05, 0.1) is 0 Å². The van der Waals surface area contributed by atoms with Crippen molar-refractivity contribution in [3.05, 3.63) is 64.1 Å². The molecule has 23 heavy (non-hydrogen) atoms. The number of carbonyl (C=O) groups is 1. The van der Waals surface area contributed by atoms with Gasteiger partial charge in [0, 0.05) is 27.4 Å². The number of benzene rings is 2. The summed E-state index contributed by atoms with van der Waals surface area (Å²) in [6, 6.07) is 15.1. The minimum absolute atomic E-state index is 0.0589. The molecular formula is C17H14Cl2N2OS. The Morgan fingerprint density at radius 1 is 0.957 bits per heavy atom. The zero-order valence-electron chi connectivity index (χ0n) is 12.2. The average molecular weight is 365 g/mol. The molecule has 2 fully saturated rings. The van der Waals surface area contributed by atoms with Crippen molar-refractivity contribution in [2.24, 2.45) is 0 Å². The number of rotatable bonds is 2. The fourth-order valence-electron chi connectivity index (χ4n) is 3.18. The van der Waals surface area contributed by atoms with Crippen LogP contribution in [-0.2, 0) is 4.79 Å². The van der Waals surface area contributed by atoms with E-state index in [1.54, 1.807) is 11.8 Å². The summed E-state index contributed by atoms with van der Waals surface area (Å²) in [5.74, 6) is 1.85. The normalized spacial score (nSPS) is 24.3. The predicted molar refractivity (Wildman–Crippen MR) is 96.1 cm³/mol. The van der Waals surface area contributed by atoms with Crippen LogP contribution in [0.4, 0.5) is 5.69 Å². The first kappa shape index (κ1) is 15.3. The molecule has 0 radical (unpaired) electrons. The molecule has 0 unspecified atom stereocenters. The zero-order valence-corrected chi connectivity index (χ0v) is 14.5. The van der Waals surface area contributed by atoms with Crippen molar-refractivity contribution in [3.8, 4) is 0 Å². The second-order valence-electron chi connectivity index (χ2n) is 5.64. The van der Waals surface area contributed by atoms with Crippen molar-refractivity contribution in [1.29, 1.82) is 0 Å². The third-order valence-corrected chi connectivity index (χ3v) is 5.81. The highest BCUT2D eigenvalue weighted by Gasteiger charge is 2.49. The van der Waals surface area contributed by atoms with Crippen molar-refractivity contribution in [1.82, 2.24) is 4.90 Å². The lowest BCUT2D eigenvalue weighted by Gasteiger charge is -2.29. The van der Waals surface area contributed by atoms with Gasteiger partial charge in [-0.2, -0.15) is 0 Å². The third kappa shape index (κ3) is 2.64. The van der Waals surface area contributed by atoms with Crippen LogP contribution in [0, 0.1) is 0 Å². The molecule has 2 aliphatic heterocycles. The molecule has 0 aliphatic carbocycles. The number of hydrogen-bond acceptors (Lipinski definition) is 3. The molecular weight excluding hydrogens is 351 g/mol. The highest BCUT2D eigenvalue weighted by Crippen LogP contribution is 2.43. The number of nitrogens with zero attached hydrogens (tertiary/aromatic N) is 2. The van der Waals surface area contributed by atoms with Crippen molar-refractivity contribution in [3.63, 3.8) is 0 Å². The Kier molecular flexibility index (Phi) is 4.01. The first-order valence-electron chi connectivity index (χ1n) is 7.33. The van der Waals surface area contributed by atoms with E-state index in [2.05, 4.69) is 4.90 Å². The number of hydrogen-bond donors (Lipinski definition) is 0. The maximum atomic E-state index is 12.9. The van der Waals surface area contributed by atoms with Crippen LogP contribution in [0.15, 0.2) is 48.5 Å². The molecule has 2 aromatic carbocycles. The molecule has 2 aliphatic rings. The number of thioether (sulfide) groups is 1. The SMILES string of the molecule is O=C1[C@H]2CSCN2[C@@H](c2ccc(Cl)cc2)N1c1ccc(Cl)cc1. The molecule has 0 aromatic heterocycles. The summed E-state index contributed by atoms with van der Waals surface area (Å²) in [5, 5.41) is 1.36.